The molecule has 1 N–H and O–H groups in total. The van der Waals surface area contributed by atoms with E-state index in [2.05, 4.69) is 15.5 Å². The summed E-state index contributed by atoms with van der Waals surface area (Å²) in [7, 11) is -3.81. The number of hydrogen-bond donors (Lipinski definition) is 1. The molecule has 1 amide bonds. The first-order valence-electron chi connectivity index (χ1n) is 8.43. The third kappa shape index (κ3) is 4.25. The third-order valence-corrected chi connectivity index (χ3v) is 7.24. The van der Waals surface area contributed by atoms with Crippen molar-refractivity contribution < 1.29 is 17.6 Å². The molecule has 0 saturated carbocycles. The predicted octanol–water partition coefficient (Wildman–Crippen LogP) is 1.78. The Bertz CT molecular complexity index is 924. The lowest BCUT2D eigenvalue weighted by Crippen LogP contribution is -2.48. The minimum atomic E-state index is -3.81. The van der Waals surface area contributed by atoms with Gasteiger partial charge in [0.25, 0.3) is 10.0 Å². The average Bonchev–Trinajstić information content (AvgIpc) is 3.11. The number of rotatable bonds is 5. The minimum Gasteiger partial charge on any atom is -0.367 e. The number of nitrogens with one attached hydrogen (secondary N) is 1. The Labute approximate surface area is 161 Å². The second-order valence-corrected chi connectivity index (χ2v) is 9.45. The molecular weight excluding hydrogens is 393 g/mol. The van der Waals surface area contributed by atoms with Crippen molar-refractivity contribution in [3.05, 3.63) is 30.1 Å². The largest absolute Gasteiger partial charge is 0.367 e. The maximum Gasteiger partial charge on any atom is 0.272 e. The van der Waals surface area contributed by atoms with Crippen LogP contribution in [0.25, 0.3) is 0 Å². The average molecular weight is 414 g/mol. The molecule has 0 atom stereocenters. The Morgan fingerprint density at radius 1 is 1.19 bits per heavy atom. The summed E-state index contributed by atoms with van der Waals surface area (Å²) in [6, 6.07) is 6.42. The van der Waals surface area contributed by atoms with Gasteiger partial charge in [0.15, 0.2) is 0 Å². The van der Waals surface area contributed by atoms with Crippen molar-refractivity contribution in [2.45, 2.75) is 18.2 Å². The maximum atomic E-state index is 13.9. The fourth-order valence-corrected chi connectivity index (χ4v) is 5.07. The van der Waals surface area contributed by atoms with Crippen LogP contribution in [-0.2, 0) is 14.8 Å². The van der Waals surface area contributed by atoms with E-state index in [-0.39, 0.29) is 40.2 Å². The summed E-state index contributed by atoms with van der Waals surface area (Å²) in [6.45, 7) is 4.62. The van der Waals surface area contributed by atoms with Gasteiger partial charge in [0.1, 0.15) is 5.82 Å². The van der Waals surface area contributed by atoms with E-state index >= 15 is 0 Å². The molecule has 0 unspecified atom stereocenters. The molecule has 0 radical (unpaired) electrons. The summed E-state index contributed by atoms with van der Waals surface area (Å²) < 4.78 is 40.6. The molecular formula is C16H20FN5O3S2. The summed E-state index contributed by atoms with van der Waals surface area (Å²) in [5.41, 5.74) is 0.462. The van der Waals surface area contributed by atoms with Gasteiger partial charge >= 0.3 is 0 Å². The molecule has 1 fully saturated rings. The van der Waals surface area contributed by atoms with Gasteiger partial charge in [0.05, 0.1) is 5.69 Å². The third-order valence-electron chi connectivity index (χ3n) is 4.15. The number of amides is 1. The SMILES string of the molecule is CC(C)C(=O)Nc1nnc(S(=O)(=O)N2CCN(c3ccccc3F)CC2)s1. The van der Waals surface area contributed by atoms with Gasteiger partial charge in [-0.25, -0.2) is 12.8 Å². The first-order chi connectivity index (χ1) is 12.8. The molecule has 1 aliphatic heterocycles. The molecule has 2 aromatic rings. The molecule has 1 aromatic heterocycles. The number of aromatic nitrogens is 2. The molecule has 1 aliphatic rings. The lowest BCUT2D eigenvalue weighted by atomic mass is 10.2. The molecule has 2 heterocycles. The topological polar surface area (TPSA) is 95.5 Å². The van der Waals surface area contributed by atoms with Crippen molar-refractivity contribution in [2.75, 3.05) is 36.4 Å². The Hall–Kier alpha value is -2.11. The van der Waals surface area contributed by atoms with Crippen molar-refractivity contribution in [1.29, 1.82) is 0 Å². The van der Waals surface area contributed by atoms with E-state index in [4.69, 9.17) is 0 Å². The predicted molar refractivity (Wildman–Crippen MR) is 101 cm³/mol. The molecule has 146 valence electrons. The minimum absolute atomic E-state index is 0.150. The number of carbonyl (C=O) groups excluding carboxylic acids is 1. The second-order valence-electron chi connectivity index (χ2n) is 6.36. The molecule has 3 rings (SSSR count). The number of sulfonamides is 1. The summed E-state index contributed by atoms with van der Waals surface area (Å²) in [5, 5.41) is 10.2. The van der Waals surface area contributed by atoms with Crippen LogP contribution in [0.3, 0.4) is 0 Å². The number of piperazine rings is 1. The Balaban J connectivity index is 1.68. The lowest BCUT2D eigenvalue weighted by Gasteiger charge is -2.34. The zero-order valence-electron chi connectivity index (χ0n) is 14.9. The van der Waals surface area contributed by atoms with E-state index in [1.165, 1.54) is 10.4 Å². The molecule has 0 bridgehead atoms. The van der Waals surface area contributed by atoms with Gasteiger partial charge in [-0.3, -0.25) is 4.79 Å². The van der Waals surface area contributed by atoms with E-state index in [1.54, 1.807) is 32.0 Å². The zero-order valence-corrected chi connectivity index (χ0v) is 16.6. The first kappa shape index (κ1) is 19.6. The van der Waals surface area contributed by atoms with Gasteiger partial charge in [-0.15, -0.1) is 10.2 Å². The number of halogens is 1. The number of para-hydroxylation sites is 1. The van der Waals surface area contributed by atoms with Gasteiger partial charge in [-0.2, -0.15) is 4.31 Å². The van der Waals surface area contributed by atoms with E-state index in [0.717, 1.165) is 11.3 Å². The van der Waals surface area contributed by atoms with Gasteiger partial charge in [0.2, 0.25) is 15.4 Å². The fourth-order valence-electron chi connectivity index (χ4n) is 2.60. The van der Waals surface area contributed by atoms with Crippen LogP contribution in [0, 0.1) is 11.7 Å². The lowest BCUT2D eigenvalue weighted by molar-refractivity contribution is -0.118. The molecule has 8 nitrogen and oxygen atoms in total. The molecule has 11 heteroatoms. The first-order valence-corrected chi connectivity index (χ1v) is 10.7. The van der Waals surface area contributed by atoms with E-state index in [1.807, 2.05) is 4.90 Å². The summed E-state index contributed by atoms with van der Waals surface area (Å²) in [4.78, 5) is 13.5. The van der Waals surface area contributed by atoms with Crippen LogP contribution >= 0.6 is 11.3 Å². The van der Waals surface area contributed by atoms with E-state index in [9.17, 15) is 17.6 Å². The Kier molecular flexibility index (Phi) is 5.72. The smallest absolute Gasteiger partial charge is 0.272 e. The van der Waals surface area contributed by atoms with Crippen LogP contribution in [-0.4, -0.2) is 55.0 Å². The van der Waals surface area contributed by atoms with Gasteiger partial charge in [-0.1, -0.05) is 37.3 Å². The van der Waals surface area contributed by atoms with Crippen LogP contribution in [0.4, 0.5) is 15.2 Å². The zero-order chi connectivity index (χ0) is 19.6. The highest BCUT2D eigenvalue weighted by Gasteiger charge is 2.32. The fraction of sp³-hybridized carbons (Fsp3) is 0.438. The van der Waals surface area contributed by atoms with Crippen LogP contribution in [0.2, 0.25) is 0 Å². The van der Waals surface area contributed by atoms with Crippen molar-refractivity contribution in [1.82, 2.24) is 14.5 Å². The van der Waals surface area contributed by atoms with Crippen LogP contribution in [0.1, 0.15) is 13.8 Å². The molecule has 0 aliphatic carbocycles. The number of anilines is 2. The molecule has 27 heavy (non-hydrogen) atoms. The van der Waals surface area contributed by atoms with Gasteiger partial charge < -0.3 is 10.2 Å². The highest BCUT2D eigenvalue weighted by Crippen LogP contribution is 2.26. The van der Waals surface area contributed by atoms with Crippen molar-refractivity contribution in [2.24, 2.45) is 5.92 Å². The van der Waals surface area contributed by atoms with Crippen molar-refractivity contribution in [3.8, 4) is 0 Å². The Morgan fingerprint density at radius 3 is 2.48 bits per heavy atom. The number of benzene rings is 1. The number of nitrogens with zero attached hydrogens (tertiary/aromatic N) is 4. The van der Waals surface area contributed by atoms with Crippen LogP contribution < -0.4 is 10.2 Å². The molecule has 1 saturated heterocycles. The highest BCUT2D eigenvalue weighted by molar-refractivity contribution is 7.91. The summed E-state index contributed by atoms with van der Waals surface area (Å²) in [6.07, 6.45) is 0. The highest BCUT2D eigenvalue weighted by atomic mass is 32.2. The maximum absolute atomic E-state index is 13.9. The van der Waals surface area contributed by atoms with Crippen molar-refractivity contribution in [3.63, 3.8) is 0 Å². The normalized spacial score (nSPS) is 15.9. The van der Waals surface area contributed by atoms with E-state index in [0.29, 0.717) is 18.8 Å². The van der Waals surface area contributed by atoms with Gasteiger partial charge in [-0.05, 0) is 12.1 Å². The monoisotopic (exact) mass is 413 g/mol. The second kappa shape index (κ2) is 7.87. The molecule has 0 spiro atoms. The number of carbonyl (C=O) groups is 1. The Morgan fingerprint density at radius 2 is 1.85 bits per heavy atom. The molecule has 1 aromatic carbocycles. The van der Waals surface area contributed by atoms with E-state index < -0.39 is 10.0 Å². The van der Waals surface area contributed by atoms with Crippen LogP contribution in [0.15, 0.2) is 28.6 Å². The summed E-state index contributed by atoms with van der Waals surface area (Å²) in [5.74, 6) is -0.836. The van der Waals surface area contributed by atoms with Gasteiger partial charge in [0, 0.05) is 32.1 Å². The standard InChI is InChI=1S/C16H20FN5O3S2/c1-11(2)14(23)18-15-19-20-16(26-15)27(24,25)22-9-7-21(8-10-22)13-6-4-3-5-12(13)17/h3-6,11H,7-10H2,1-2H3,(H,18,19,23). The number of hydrogen-bond acceptors (Lipinski definition) is 7. The summed E-state index contributed by atoms with van der Waals surface area (Å²) >= 11 is 0.821. The van der Waals surface area contributed by atoms with Crippen LogP contribution in [0.5, 0.6) is 0 Å². The quantitative estimate of drug-likeness (QED) is 0.751. The van der Waals surface area contributed by atoms with Crippen molar-refractivity contribution >= 4 is 38.1 Å².